The number of rotatable bonds is 5. The number of nitrogens with zero attached hydrogens (tertiary/aromatic N) is 1. The van der Waals surface area contributed by atoms with Gasteiger partial charge in [0.25, 0.3) is 0 Å². The number of fused-ring (bicyclic) bond motifs is 1. The topological polar surface area (TPSA) is 21.7 Å². The average molecular weight is 414 g/mol. The molecule has 1 aliphatic carbocycles. The lowest BCUT2D eigenvalue weighted by Gasteiger charge is -2.35. The van der Waals surface area contributed by atoms with Crippen LogP contribution >= 0.6 is 0 Å². The lowest BCUT2D eigenvalue weighted by molar-refractivity contribution is 0.174. The zero-order chi connectivity index (χ0) is 21.2. The number of benzene rings is 3. The number of methoxy groups -OCH3 is 1. The fraction of sp³-hybridized carbons (Fsp3) is 0.357. The molecule has 0 N–H and O–H groups in total. The van der Waals surface area contributed by atoms with Crippen LogP contribution in [-0.2, 0) is 12.8 Å². The Kier molecular flexibility index (Phi) is 5.69. The summed E-state index contributed by atoms with van der Waals surface area (Å²) in [7, 11) is 1.67. The highest BCUT2D eigenvalue weighted by atomic mass is 16.5. The fourth-order valence-electron chi connectivity index (χ4n) is 5.19. The summed E-state index contributed by atoms with van der Waals surface area (Å²) in [4.78, 5) is 2.75. The van der Waals surface area contributed by atoms with Gasteiger partial charge in [0.15, 0.2) is 0 Å². The lowest BCUT2D eigenvalue weighted by Crippen LogP contribution is -2.41. The molecule has 1 saturated heterocycles. The van der Waals surface area contributed by atoms with Crippen molar-refractivity contribution in [2.45, 2.75) is 51.1 Å². The van der Waals surface area contributed by atoms with Crippen LogP contribution in [0.4, 0.5) is 0 Å². The third-order valence-electron chi connectivity index (χ3n) is 6.96. The second-order valence-electron chi connectivity index (χ2n) is 8.91. The van der Waals surface area contributed by atoms with E-state index in [1.165, 1.54) is 55.3 Å². The van der Waals surface area contributed by atoms with E-state index < -0.39 is 0 Å². The average Bonchev–Trinajstić information content (AvgIpc) is 3.25. The van der Waals surface area contributed by atoms with Gasteiger partial charge in [-0.1, -0.05) is 30.3 Å². The number of hydrogen-bond acceptors (Lipinski definition) is 3. The SMILES string of the molecule is COc1ccc(Oc2ccc(-c3ccc4c(c3)CCC(N3CCCC3C)C4)cc2)cc1. The molecule has 3 aromatic rings. The van der Waals surface area contributed by atoms with Gasteiger partial charge in [0, 0.05) is 12.1 Å². The molecule has 3 aromatic carbocycles. The molecule has 3 heteroatoms. The minimum absolute atomic E-state index is 0.727. The molecule has 160 valence electrons. The van der Waals surface area contributed by atoms with Gasteiger partial charge in [-0.15, -0.1) is 0 Å². The quantitative estimate of drug-likeness (QED) is 0.477. The van der Waals surface area contributed by atoms with Gasteiger partial charge in [0.2, 0.25) is 0 Å². The normalized spacial score (nSPS) is 21.0. The largest absolute Gasteiger partial charge is 0.497 e. The summed E-state index contributed by atoms with van der Waals surface area (Å²) in [6, 6.07) is 24.6. The summed E-state index contributed by atoms with van der Waals surface area (Å²) >= 11 is 0. The first kappa shape index (κ1) is 20.1. The van der Waals surface area contributed by atoms with E-state index in [2.05, 4.69) is 42.2 Å². The molecule has 3 nitrogen and oxygen atoms in total. The fourth-order valence-corrected chi connectivity index (χ4v) is 5.19. The van der Waals surface area contributed by atoms with Crippen molar-refractivity contribution < 1.29 is 9.47 Å². The van der Waals surface area contributed by atoms with Crippen molar-refractivity contribution in [1.82, 2.24) is 4.90 Å². The highest BCUT2D eigenvalue weighted by molar-refractivity contribution is 5.66. The number of ether oxygens (including phenoxy) is 2. The van der Waals surface area contributed by atoms with E-state index in [-0.39, 0.29) is 0 Å². The van der Waals surface area contributed by atoms with Crippen molar-refractivity contribution in [1.29, 1.82) is 0 Å². The number of aryl methyl sites for hydroxylation is 1. The second kappa shape index (κ2) is 8.76. The molecule has 0 aromatic heterocycles. The first-order valence-electron chi connectivity index (χ1n) is 11.5. The van der Waals surface area contributed by atoms with Crippen LogP contribution in [0.2, 0.25) is 0 Å². The standard InChI is InChI=1S/C28H31NO2/c1-20-4-3-17-29(20)25-10-7-23-18-22(5-6-24(23)19-25)21-8-11-27(12-9-21)31-28-15-13-26(30-2)14-16-28/h5-6,8-9,11-16,18,20,25H,3-4,7,10,17,19H2,1-2H3. The Balaban J connectivity index is 1.27. The van der Waals surface area contributed by atoms with Gasteiger partial charge in [0.1, 0.15) is 17.2 Å². The molecule has 0 amide bonds. The molecule has 5 rings (SSSR count). The van der Waals surface area contributed by atoms with Crippen molar-refractivity contribution in [3.63, 3.8) is 0 Å². The lowest BCUT2D eigenvalue weighted by atomic mass is 9.85. The van der Waals surface area contributed by atoms with Gasteiger partial charge in [0.05, 0.1) is 7.11 Å². The first-order valence-corrected chi connectivity index (χ1v) is 11.5. The van der Waals surface area contributed by atoms with Crippen molar-refractivity contribution >= 4 is 0 Å². The molecule has 2 unspecified atom stereocenters. The summed E-state index contributed by atoms with van der Waals surface area (Å²) in [5.41, 5.74) is 5.60. The molecule has 0 spiro atoms. The Hall–Kier alpha value is -2.78. The van der Waals surface area contributed by atoms with Crippen LogP contribution in [0.5, 0.6) is 17.2 Å². The van der Waals surface area contributed by atoms with Crippen LogP contribution in [0.1, 0.15) is 37.3 Å². The number of hydrogen-bond donors (Lipinski definition) is 0. The maximum absolute atomic E-state index is 5.97. The summed E-state index contributed by atoms with van der Waals surface area (Å²) < 4.78 is 11.2. The van der Waals surface area contributed by atoms with E-state index in [1.54, 1.807) is 12.7 Å². The molecule has 1 aliphatic heterocycles. The highest BCUT2D eigenvalue weighted by Gasteiger charge is 2.30. The van der Waals surface area contributed by atoms with Crippen LogP contribution in [0, 0.1) is 0 Å². The van der Waals surface area contributed by atoms with Gasteiger partial charge >= 0.3 is 0 Å². The van der Waals surface area contributed by atoms with E-state index in [0.29, 0.717) is 0 Å². The number of likely N-dealkylation sites (tertiary alicyclic amines) is 1. The molecule has 31 heavy (non-hydrogen) atoms. The molecule has 0 saturated carbocycles. The molecule has 2 atom stereocenters. The van der Waals surface area contributed by atoms with E-state index >= 15 is 0 Å². The minimum Gasteiger partial charge on any atom is -0.497 e. The van der Waals surface area contributed by atoms with Crippen LogP contribution in [0.25, 0.3) is 11.1 Å². The Morgan fingerprint density at radius 1 is 0.774 bits per heavy atom. The molecular formula is C28H31NO2. The van der Waals surface area contributed by atoms with E-state index in [4.69, 9.17) is 9.47 Å². The zero-order valence-corrected chi connectivity index (χ0v) is 18.5. The predicted molar refractivity (Wildman–Crippen MR) is 126 cm³/mol. The molecule has 1 heterocycles. The maximum Gasteiger partial charge on any atom is 0.127 e. The predicted octanol–water partition coefficient (Wildman–Crippen LogP) is 6.50. The Morgan fingerprint density at radius 2 is 1.45 bits per heavy atom. The van der Waals surface area contributed by atoms with Crippen LogP contribution in [0.15, 0.2) is 66.7 Å². The second-order valence-corrected chi connectivity index (χ2v) is 8.91. The molecule has 0 radical (unpaired) electrons. The van der Waals surface area contributed by atoms with E-state index in [0.717, 1.165) is 29.3 Å². The molecular weight excluding hydrogens is 382 g/mol. The van der Waals surface area contributed by atoms with E-state index in [1.807, 2.05) is 36.4 Å². The zero-order valence-electron chi connectivity index (χ0n) is 18.5. The van der Waals surface area contributed by atoms with Gasteiger partial charge in [-0.05, 0) is 104 Å². The minimum atomic E-state index is 0.727. The Labute approximate surface area is 185 Å². The summed E-state index contributed by atoms with van der Waals surface area (Å²) in [5.74, 6) is 2.48. The van der Waals surface area contributed by atoms with Gasteiger partial charge in [-0.2, -0.15) is 0 Å². The van der Waals surface area contributed by atoms with Gasteiger partial charge < -0.3 is 9.47 Å². The summed E-state index contributed by atoms with van der Waals surface area (Å²) in [6.07, 6.45) is 6.40. The molecule has 1 fully saturated rings. The van der Waals surface area contributed by atoms with Crippen molar-refractivity contribution in [2.24, 2.45) is 0 Å². The van der Waals surface area contributed by atoms with Crippen molar-refractivity contribution in [3.8, 4) is 28.4 Å². The third kappa shape index (κ3) is 4.33. The smallest absolute Gasteiger partial charge is 0.127 e. The van der Waals surface area contributed by atoms with Crippen LogP contribution in [0.3, 0.4) is 0 Å². The Bertz CT molecular complexity index is 1030. The maximum atomic E-state index is 5.97. The van der Waals surface area contributed by atoms with Gasteiger partial charge in [-0.25, -0.2) is 0 Å². The van der Waals surface area contributed by atoms with E-state index in [9.17, 15) is 0 Å². The molecule has 0 bridgehead atoms. The molecule has 2 aliphatic rings. The summed E-state index contributed by atoms with van der Waals surface area (Å²) in [6.45, 7) is 3.68. The highest BCUT2D eigenvalue weighted by Crippen LogP contribution is 2.33. The van der Waals surface area contributed by atoms with Crippen LogP contribution < -0.4 is 9.47 Å². The monoisotopic (exact) mass is 413 g/mol. The van der Waals surface area contributed by atoms with Crippen molar-refractivity contribution in [2.75, 3.05) is 13.7 Å². The van der Waals surface area contributed by atoms with Crippen LogP contribution in [-0.4, -0.2) is 30.6 Å². The van der Waals surface area contributed by atoms with Gasteiger partial charge in [-0.3, -0.25) is 4.90 Å². The summed E-state index contributed by atoms with van der Waals surface area (Å²) in [5, 5.41) is 0. The Morgan fingerprint density at radius 3 is 2.13 bits per heavy atom. The van der Waals surface area contributed by atoms with Crippen molar-refractivity contribution in [3.05, 3.63) is 77.9 Å². The first-order chi connectivity index (χ1) is 15.2. The third-order valence-corrected chi connectivity index (χ3v) is 6.96.